The van der Waals surface area contributed by atoms with E-state index in [-0.39, 0.29) is 11.5 Å². The predicted octanol–water partition coefficient (Wildman–Crippen LogP) is 2.58. The van der Waals surface area contributed by atoms with E-state index in [2.05, 4.69) is 35.0 Å². The minimum atomic E-state index is -2.88. The van der Waals surface area contributed by atoms with E-state index >= 15 is 0 Å². The van der Waals surface area contributed by atoms with Crippen LogP contribution in [0.25, 0.3) is 10.9 Å². The lowest BCUT2D eigenvalue weighted by Crippen LogP contribution is -2.17. The molecule has 1 N–H and O–H groups in total. The number of aryl methyl sites for hydroxylation is 1. The molecule has 0 radical (unpaired) electrons. The maximum absolute atomic E-state index is 11.6. The number of para-hydroxylation sites is 1. The highest BCUT2D eigenvalue weighted by Gasteiger charge is 2.11. The van der Waals surface area contributed by atoms with Crippen LogP contribution >= 0.6 is 0 Å². The molecule has 0 atom stereocenters. The number of nitrogens with zero attached hydrogens (tertiary/aromatic N) is 1. The molecule has 0 fully saturated rings. The molecule has 0 aliphatic heterocycles. The standard InChI is InChI=1S/C16H24N2O2S/c1-3-17-13-15-12-14-8-5-6-9-16(14)18(15)10-7-11-21(19,20)4-2/h5-6,8-9,12,17H,3-4,7,10-11,13H2,1-2H3. The molecule has 0 unspecified atom stereocenters. The van der Waals surface area contributed by atoms with Crippen molar-refractivity contribution in [2.75, 3.05) is 18.1 Å². The molecule has 0 saturated carbocycles. The van der Waals surface area contributed by atoms with Crippen molar-refractivity contribution in [2.24, 2.45) is 0 Å². The molecule has 21 heavy (non-hydrogen) atoms. The van der Waals surface area contributed by atoms with E-state index in [1.54, 1.807) is 6.92 Å². The smallest absolute Gasteiger partial charge is 0.150 e. The van der Waals surface area contributed by atoms with Crippen molar-refractivity contribution in [1.29, 1.82) is 0 Å². The fourth-order valence-electron chi connectivity index (χ4n) is 2.52. The van der Waals surface area contributed by atoms with E-state index in [9.17, 15) is 8.42 Å². The van der Waals surface area contributed by atoms with Gasteiger partial charge in [-0.2, -0.15) is 0 Å². The number of benzene rings is 1. The molecule has 2 rings (SSSR count). The van der Waals surface area contributed by atoms with E-state index < -0.39 is 9.84 Å². The average Bonchev–Trinajstić information content (AvgIpc) is 2.83. The molecule has 0 aliphatic rings. The van der Waals surface area contributed by atoms with Gasteiger partial charge in [0.1, 0.15) is 9.84 Å². The Kier molecular flexibility index (Phi) is 5.42. The monoisotopic (exact) mass is 308 g/mol. The quantitative estimate of drug-likeness (QED) is 0.815. The number of nitrogens with one attached hydrogen (secondary N) is 1. The van der Waals surface area contributed by atoms with Crippen LogP contribution in [0.15, 0.2) is 30.3 Å². The fourth-order valence-corrected chi connectivity index (χ4v) is 3.38. The Labute approximate surface area is 127 Å². The normalized spacial score (nSPS) is 12.1. The zero-order valence-corrected chi connectivity index (χ0v) is 13.6. The van der Waals surface area contributed by atoms with Crippen LogP contribution in [0, 0.1) is 0 Å². The van der Waals surface area contributed by atoms with Crippen molar-refractivity contribution in [3.8, 4) is 0 Å². The molecule has 0 aliphatic carbocycles. The molecule has 1 heterocycles. The van der Waals surface area contributed by atoms with Gasteiger partial charge < -0.3 is 9.88 Å². The number of rotatable bonds is 8. The van der Waals surface area contributed by atoms with Crippen LogP contribution in [-0.2, 0) is 22.9 Å². The molecule has 116 valence electrons. The number of hydrogen-bond donors (Lipinski definition) is 1. The van der Waals surface area contributed by atoms with Gasteiger partial charge >= 0.3 is 0 Å². The van der Waals surface area contributed by atoms with E-state index in [0.717, 1.165) is 19.6 Å². The first kappa shape index (κ1) is 16.0. The van der Waals surface area contributed by atoms with Gasteiger partial charge in [0.15, 0.2) is 0 Å². The number of sulfone groups is 1. The molecular formula is C16H24N2O2S. The minimum Gasteiger partial charge on any atom is -0.343 e. The largest absolute Gasteiger partial charge is 0.343 e. The van der Waals surface area contributed by atoms with Crippen LogP contribution in [0.5, 0.6) is 0 Å². The van der Waals surface area contributed by atoms with Crippen LogP contribution < -0.4 is 5.32 Å². The summed E-state index contributed by atoms with van der Waals surface area (Å²) in [6, 6.07) is 10.4. The zero-order valence-electron chi connectivity index (χ0n) is 12.8. The highest BCUT2D eigenvalue weighted by Crippen LogP contribution is 2.20. The van der Waals surface area contributed by atoms with E-state index in [1.165, 1.54) is 16.6 Å². The van der Waals surface area contributed by atoms with E-state index in [4.69, 9.17) is 0 Å². The van der Waals surface area contributed by atoms with Crippen molar-refractivity contribution in [2.45, 2.75) is 33.4 Å². The van der Waals surface area contributed by atoms with Crippen molar-refractivity contribution < 1.29 is 8.42 Å². The molecule has 0 bridgehead atoms. The van der Waals surface area contributed by atoms with Gasteiger partial charge in [-0.25, -0.2) is 8.42 Å². The Hall–Kier alpha value is -1.33. The van der Waals surface area contributed by atoms with Gasteiger partial charge in [-0.05, 0) is 30.5 Å². The molecule has 2 aromatic rings. The lowest BCUT2D eigenvalue weighted by Gasteiger charge is -2.11. The first-order valence-electron chi connectivity index (χ1n) is 7.55. The maximum Gasteiger partial charge on any atom is 0.150 e. The number of fused-ring (bicyclic) bond motifs is 1. The summed E-state index contributed by atoms with van der Waals surface area (Å²) in [5.74, 6) is 0.486. The molecule has 0 saturated heterocycles. The van der Waals surface area contributed by atoms with Crippen LogP contribution in [0.2, 0.25) is 0 Å². The van der Waals surface area contributed by atoms with Gasteiger partial charge in [-0.3, -0.25) is 0 Å². The van der Waals surface area contributed by atoms with E-state index in [1.807, 2.05) is 12.1 Å². The van der Waals surface area contributed by atoms with Crippen molar-refractivity contribution in [3.63, 3.8) is 0 Å². The van der Waals surface area contributed by atoms with Crippen molar-refractivity contribution >= 4 is 20.7 Å². The Balaban J connectivity index is 2.19. The third-order valence-electron chi connectivity index (χ3n) is 3.73. The van der Waals surface area contributed by atoms with E-state index in [0.29, 0.717) is 6.42 Å². The second kappa shape index (κ2) is 7.09. The Morgan fingerprint density at radius 3 is 2.67 bits per heavy atom. The Morgan fingerprint density at radius 1 is 1.19 bits per heavy atom. The third-order valence-corrected chi connectivity index (χ3v) is 5.52. The lowest BCUT2D eigenvalue weighted by atomic mass is 10.2. The summed E-state index contributed by atoms with van der Waals surface area (Å²) < 4.78 is 25.5. The van der Waals surface area contributed by atoms with Crippen LogP contribution in [0.1, 0.15) is 26.0 Å². The first-order valence-corrected chi connectivity index (χ1v) is 9.38. The summed E-state index contributed by atoms with van der Waals surface area (Å²) >= 11 is 0. The van der Waals surface area contributed by atoms with Crippen LogP contribution in [-0.4, -0.2) is 31.0 Å². The fraction of sp³-hybridized carbons (Fsp3) is 0.500. The second-order valence-electron chi connectivity index (χ2n) is 5.22. The molecule has 4 nitrogen and oxygen atoms in total. The molecule has 1 aromatic heterocycles. The zero-order chi connectivity index (χ0) is 15.3. The highest BCUT2D eigenvalue weighted by molar-refractivity contribution is 7.91. The Bertz CT molecular complexity index is 689. The number of hydrogen-bond acceptors (Lipinski definition) is 3. The average molecular weight is 308 g/mol. The summed E-state index contributed by atoms with van der Waals surface area (Å²) in [4.78, 5) is 0. The lowest BCUT2D eigenvalue weighted by molar-refractivity contribution is 0.583. The second-order valence-corrected chi connectivity index (χ2v) is 7.69. The summed E-state index contributed by atoms with van der Waals surface area (Å²) in [6.07, 6.45) is 0.661. The maximum atomic E-state index is 11.6. The third kappa shape index (κ3) is 4.08. The van der Waals surface area contributed by atoms with Crippen molar-refractivity contribution in [3.05, 3.63) is 36.0 Å². The van der Waals surface area contributed by atoms with Crippen molar-refractivity contribution in [1.82, 2.24) is 9.88 Å². The summed E-state index contributed by atoms with van der Waals surface area (Å²) in [5.41, 5.74) is 2.39. The predicted molar refractivity (Wildman–Crippen MR) is 88.3 cm³/mol. The van der Waals surface area contributed by atoms with Gasteiger partial charge in [0.05, 0.1) is 5.75 Å². The first-order chi connectivity index (χ1) is 10.1. The van der Waals surface area contributed by atoms with Gasteiger partial charge in [-0.15, -0.1) is 0 Å². The van der Waals surface area contributed by atoms with Gasteiger partial charge in [-0.1, -0.05) is 32.0 Å². The summed E-state index contributed by atoms with van der Waals surface area (Å²) in [6.45, 7) is 6.27. The van der Waals surface area contributed by atoms with Crippen LogP contribution in [0.3, 0.4) is 0 Å². The SMILES string of the molecule is CCNCc1cc2ccccc2n1CCCS(=O)(=O)CC. The van der Waals surface area contributed by atoms with Gasteiger partial charge in [0.2, 0.25) is 0 Å². The van der Waals surface area contributed by atoms with Gasteiger partial charge in [0.25, 0.3) is 0 Å². The highest BCUT2D eigenvalue weighted by atomic mass is 32.2. The minimum absolute atomic E-state index is 0.226. The summed E-state index contributed by atoms with van der Waals surface area (Å²) in [5, 5.41) is 4.56. The summed E-state index contributed by atoms with van der Waals surface area (Å²) in [7, 11) is -2.88. The van der Waals surface area contributed by atoms with Gasteiger partial charge in [0, 0.05) is 30.1 Å². The Morgan fingerprint density at radius 2 is 1.95 bits per heavy atom. The topological polar surface area (TPSA) is 51.1 Å². The molecule has 0 amide bonds. The van der Waals surface area contributed by atoms with Crippen LogP contribution in [0.4, 0.5) is 0 Å². The molecule has 0 spiro atoms. The molecule has 1 aromatic carbocycles. The molecule has 5 heteroatoms. The number of aromatic nitrogens is 1. The molecular weight excluding hydrogens is 284 g/mol.